The largest absolute Gasteiger partial charge is 0.382 e. The van der Waals surface area contributed by atoms with Gasteiger partial charge in [0.25, 0.3) is 0 Å². The van der Waals surface area contributed by atoms with Crippen LogP contribution in [0.1, 0.15) is 6.92 Å². The van der Waals surface area contributed by atoms with Gasteiger partial charge in [0.05, 0.1) is 30.8 Å². The van der Waals surface area contributed by atoms with E-state index in [2.05, 4.69) is 19.2 Å². The van der Waals surface area contributed by atoms with E-state index in [0.717, 1.165) is 17.6 Å². The Hall–Kier alpha value is -1.19. The van der Waals surface area contributed by atoms with Gasteiger partial charge >= 0.3 is 0 Å². The van der Waals surface area contributed by atoms with Crippen molar-refractivity contribution in [3.05, 3.63) is 18.6 Å². The lowest BCUT2D eigenvalue weighted by atomic mass is 10.3. The van der Waals surface area contributed by atoms with E-state index in [1.807, 2.05) is 17.6 Å². The molecule has 0 fully saturated rings. The van der Waals surface area contributed by atoms with E-state index in [0.29, 0.717) is 12.2 Å². The lowest BCUT2D eigenvalue weighted by Gasteiger charge is -2.12. The number of ether oxygens (including phenoxy) is 1. The molecule has 1 unspecified atom stereocenters. The quantitative estimate of drug-likeness (QED) is 0.814. The van der Waals surface area contributed by atoms with Crippen LogP contribution in [0.5, 0.6) is 0 Å². The SMILES string of the molecule is C[C@H](Cn1cnc2c(N)nccc21)OCP. The average Bonchev–Trinajstić information content (AvgIpc) is 2.64. The minimum absolute atomic E-state index is 0.143. The van der Waals surface area contributed by atoms with Crippen LogP contribution < -0.4 is 5.73 Å². The van der Waals surface area contributed by atoms with Gasteiger partial charge in [-0.15, -0.1) is 9.24 Å². The molecule has 0 spiro atoms. The van der Waals surface area contributed by atoms with Crippen LogP contribution in [-0.2, 0) is 11.3 Å². The number of anilines is 1. The summed E-state index contributed by atoms with van der Waals surface area (Å²) in [6, 6.07) is 1.91. The molecule has 0 amide bonds. The molecule has 0 aromatic carbocycles. The molecular formula is C10H15N4OP. The zero-order valence-electron chi connectivity index (χ0n) is 9.13. The van der Waals surface area contributed by atoms with E-state index in [9.17, 15) is 0 Å². The fourth-order valence-electron chi connectivity index (χ4n) is 1.65. The molecule has 0 saturated carbocycles. The third kappa shape index (κ3) is 2.15. The van der Waals surface area contributed by atoms with Gasteiger partial charge in [0.15, 0.2) is 5.82 Å². The van der Waals surface area contributed by atoms with Gasteiger partial charge in [0.2, 0.25) is 0 Å². The lowest BCUT2D eigenvalue weighted by molar-refractivity contribution is 0.0914. The summed E-state index contributed by atoms with van der Waals surface area (Å²) < 4.78 is 7.49. The highest BCUT2D eigenvalue weighted by Gasteiger charge is 2.08. The number of imidazole rings is 1. The van der Waals surface area contributed by atoms with Gasteiger partial charge in [0.1, 0.15) is 5.52 Å². The summed E-state index contributed by atoms with van der Waals surface area (Å²) >= 11 is 0. The molecule has 0 saturated heterocycles. The second-order valence-electron chi connectivity index (χ2n) is 3.60. The number of hydrogen-bond donors (Lipinski definition) is 1. The van der Waals surface area contributed by atoms with Crippen molar-refractivity contribution in [2.45, 2.75) is 19.6 Å². The Kier molecular flexibility index (Phi) is 3.36. The molecule has 2 aromatic rings. The van der Waals surface area contributed by atoms with Gasteiger partial charge in [-0.05, 0) is 13.0 Å². The molecule has 2 atom stereocenters. The first kappa shape index (κ1) is 11.3. The Morgan fingerprint density at radius 2 is 2.38 bits per heavy atom. The second kappa shape index (κ2) is 4.76. The van der Waals surface area contributed by atoms with Crippen molar-refractivity contribution in [2.24, 2.45) is 0 Å². The molecule has 2 aromatic heterocycles. The number of aromatic nitrogens is 3. The molecule has 0 aliphatic rings. The summed E-state index contributed by atoms with van der Waals surface area (Å²) in [7, 11) is 2.55. The van der Waals surface area contributed by atoms with Crippen molar-refractivity contribution in [3.8, 4) is 0 Å². The first-order valence-electron chi connectivity index (χ1n) is 5.09. The van der Waals surface area contributed by atoms with E-state index in [1.54, 1.807) is 12.5 Å². The number of fused-ring (bicyclic) bond motifs is 1. The Labute approximate surface area is 96.2 Å². The van der Waals surface area contributed by atoms with Gasteiger partial charge in [-0.1, -0.05) is 0 Å². The zero-order valence-corrected chi connectivity index (χ0v) is 10.3. The fourth-order valence-corrected chi connectivity index (χ4v) is 1.98. The van der Waals surface area contributed by atoms with Crippen molar-refractivity contribution < 1.29 is 4.74 Å². The Morgan fingerprint density at radius 3 is 3.12 bits per heavy atom. The van der Waals surface area contributed by atoms with Crippen molar-refractivity contribution >= 4 is 26.1 Å². The van der Waals surface area contributed by atoms with Crippen LogP contribution in [0.15, 0.2) is 18.6 Å². The Balaban J connectivity index is 2.28. The van der Waals surface area contributed by atoms with Crippen molar-refractivity contribution in [2.75, 3.05) is 12.1 Å². The lowest BCUT2D eigenvalue weighted by Crippen LogP contribution is -2.15. The molecule has 16 heavy (non-hydrogen) atoms. The van der Waals surface area contributed by atoms with Gasteiger partial charge in [-0.25, -0.2) is 9.97 Å². The van der Waals surface area contributed by atoms with Crippen LogP contribution in [0.4, 0.5) is 5.82 Å². The van der Waals surface area contributed by atoms with Crippen molar-refractivity contribution in [3.63, 3.8) is 0 Å². The van der Waals surface area contributed by atoms with E-state index in [-0.39, 0.29) is 6.10 Å². The van der Waals surface area contributed by atoms with E-state index < -0.39 is 0 Å². The Morgan fingerprint density at radius 1 is 1.56 bits per heavy atom. The molecule has 6 heteroatoms. The Bertz CT molecular complexity index is 485. The summed E-state index contributed by atoms with van der Waals surface area (Å²) in [5.74, 6) is 0.468. The summed E-state index contributed by atoms with van der Waals surface area (Å²) in [5, 5.41) is 0. The van der Waals surface area contributed by atoms with Gasteiger partial charge in [-0.2, -0.15) is 0 Å². The standard InChI is InChI=1S/C10H15N4OP/c1-7(15-6-16)4-14-5-13-9-8(14)2-3-12-10(9)11/h2-3,5,7H,4,6,16H2,1H3,(H2,11,12)/t7-/m1/s1. The first-order chi connectivity index (χ1) is 7.72. The number of hydrogen-bond acceptors (Lipinski definition) is 4. The minimum Gasteiger partial charge on any atom is -0.382 e. The van der Waals surface area contributed by atoms with Gasteiger partial charge in [-0.3, -0.25) is 0 Å². The summed E-state index contributed by atoms with van der Waals surface area (Å²) in [6.45, 7) is 2.79. The van der Waals surface area contributed by atoms with E-state index in [4.69, 9.17) is 10.5 Å². The van der Waals surface area contributed by atoms with Crippen LogP contribution in [0.3, 0.4) is 0 Å². The zero-order chi connectivity index (χ0) is 11.5. The summed E-state index contributed by atoms with van der Waals surface area (Å²) in [6.07, 6.45) is 4.24. The molecule has 0 aliphatic carbocycles. The second-order valence-corrected chi connectivity index (χ2v) is 3.94. The number of rotatable bonds is 4. The van der Waals surface area contributed by atoms with Gasteiger partial charge in [0, 0.05) is 6.20 Å². The van der Waals surface area contributed by atoms with Crippen LogP contribution in [-0.4, -0.2) is 27.0 Å². The average molecular weight is 238 g/mol. The monoisotopic (exact) mass is 238 g/mol. The predicted octanol–water partition coefficient (Wildman–Crippen LogP) is 1.25. The highest BCUT2D eigenvalue weighted by atomic mass is 31.0. The number of nitrogens with zero attached hydrogens (tertiary/aromatic N) is 3. The molecule has 2 N–H and O–H groups in total. The first-order valence-corrected chi connectivity index (χ1v) is 5.91. The van der Waals surface area contributed by atoms with Crippen LogP contribution in [0.25, 0.3) is 11.0 Å². The molecule has 2 rings (SSSR count). The van der Waals surface area contributed by atoms with Crippen molar-refractivity contribution in [1.29, 1.82) is 0 Å². The number of nitrogens with two attached hydrogens (primary N) is 1. The number of nitrogen functional groups attached to an aromatic ring is 1. The fraction of sp³-hybridized carbons (Fsp3) is 0.400. The maximum Gasteiger partial charge on any atom is 0.151 e. The predicted molar refractivity (Wildman–Crippen MR) is 67.1 cm³/mol. The molecule has 2 heterocycles. The molecular weight excluding hydrogens is 223 g/mol. The molecule has 86 valence electrons. The van der Waals surface area contributed by atoms with E-state index >= 15 is 0 Å². The van der Waals surface area contributed by atoms with Crippen molar-refractivity contribution in [1.82, 2.24) is 14.5 Å². The van der Waals surface area contributed by atoms with Crippen LogP contribution in [0.2, 0.25) is 0 Å². The third-order valence-electron chi connectivity index (χ3n) is 2.40. The maximum absolute atomic E-state index is 5.74. The summed E-state index contributed by atoms with van der Waals surface area (Å²) in [4.78, 5) is 8.25. The van der Waals surface area contributed by atoms with E-state index in [1.165, 1.54) is 0 Å². The number of pyridine rings is 1. The normalized spacial score (nSPS) is 13.1. The molecule has 0 aliphatic heterocycles. The highest BCUT2D eigenvalue weighted by molar-refractivity contribution is 7.16. The highest BCUT2D eigenvalue weighted by Crippen LogP contribution is 2.17. The van der Waals surface area contributed by atoms with Gasteiger partial charge < -0.3 is 15.0 Å². The van der Waals surface area contributed by atoms with Crippen LogP contribution >= 0.6 is 9.24 Å². The topological polar surface area (TPSA) is 66.0 Å². The van der Waals surface area contributed by atoms with Crippen LogP contribution in [0, 0.1) is 0 Å². The smallest absolute Gasteiger partial charge is 0.151 e. The molecule has 5 nitrogen and oxygen atoms in total. The minimum atomic E-state index is 0.143. The molecule has 0 radical (unpaired) electrons. The third-order valence-corrected chi connectivity index (χ3v) is 2.59. The summed E-state index contributed by atoms with van der Waals surface area (Å²) in [5.41, 5.74) is 7.48. The maximum atomic E-state index is 5.74. The molecule has 0 bridgehead atoms.